The summed E-state index contributed by atoms with van der Waals surface area (Å²) >= 11 is 0. The van der Waals surface area contributed by atoms with Crippen molar-refractivity contribution in [2.75, 3.05) is 0 Å². The van der Waals surface area contributed by atoms with Crippen molar-refractivity contribution in [2.45, 2.75) is 0 Å². The van der Waals surface area contributed by atoms with Crippen molar-refractivity contribution < 1.29 is 14.7 Å². The summed E-state index contributed by atoms with van der Waals surface area (Å²) < 4.78 is 4.73. The van der Waals surface area contributed by atoms with Crippen LogP contribution in [-0.2, 0) is 0 Å². The Morgan fingerprint density at radius 3 is 2.80 bits per heavy atom. The van der Waals surface area contributed by atoms with Crippen LogP contribution in [0.5, 0.6) is 5.75 Å². The van der Waals surface area contributed by atoms with E-state index in [2.05, 4.69) is 10.2 Å². The predicted molar refractivity (Wildman–Crippen MR) is 54.8 cm³/mol. The Balaban J connectivity index is 2.27. The molecule has 0 aliphatic rings. The smallest absolute Gasteiger partial charge is 0.512 e. The summed E-state index contributed by atoms with van der Waals surface area (Å²) in [5, 5.41) is 23.9. The van der Waals surface area contributed by atoms with E-state index in [0.29, 0.717) is 5.75 Å². The highest BCUT2D eigenvalue weighted by Crippen LogP contribution is 2.21. The predicted octanol–water partition coefficient (Wildman–Crippen LogP) is 0.425. The molecule has 0 amide bonds. The molecule has 76 valence electrons. The summed E-state index contributed by atoms with van der Waals surface area (Å²) in [5.41, 5.74) is 1.71. The number of aromatic nitrogens is 2. The third-order valence-electron chi connectivity index (χ3n) is 1.89. The van der Waals surface area contributed by atoms with E-state index >= 15 is 0 Å². The zero-order chi connectivity index (χ0) is 10.7. The number of hydrogen-bond donors (Lipinski definition) is 3. The standard InChI is InChI=1S/C9H9BN2O3/c13-10(14)15-8-3-1-2-7(6-8)9-4-5-11-12-9/h1-6,13-14H,(H,11,12). The maximum atomic E-state index is 8.64. The van der Waals surface area contributed by atoms with Crippen molar-refractivity contribution in [3.8, 4) is 17.0 Å². The quantitative estimate of drug-likeness (QED) is 0.633. The molecule has 0 saturated carbocycles. The van der Waals surface area contributed by atoms with Gasteiger partial charge in [-0.15, -0.1) is 0 Å². The van der Waals surface area contributed by atoms with E-state index in [4.69, 9.17) is 14.7 Å². The molecule has 0 radical (unpaired) electrons. The molecule has 0 saturated heterocycles. The van der Waals surface area contributed by atoms with E-state index < -0.39 is 7.32 Å². The largest absolute Gasteiger partial charge is 0.707 e. The lowest BCUT2D eigenvalue weighted by molar-refractivity contribution is 0.288. The van der Waals surface area contributed by atoms with Crippen LogP contribution in [0.25, 0.3) is 11.3 Å². The Labute approximate surface area is 86.5 Å². The molecule has 6 heteroatoms. The molecule has 5 nitrogen and oxygen atoms in total. The second-order valence-corrected chi connectivity index (χ2v) is 2.94. The lowest BCUT2D eigenvalue weighted by Crippen LogP contribution is -2.20. The van der Waals surface area contributed by atoms with Gasteiger partial charge >= 0.3 is 7.32 Å². The summed E-state index contributed by atoms with van der Waals surface area (Å²) in [7, 11) is -1.80. The molecule has 3 N–H and O–H groups in total. The molecular weight excluding hydrogens is 195 g/mol. The Kier molecular flexibility index (Phi) is 2.71. The van der Waals surface area contributed by atoms with E-state index in [1.54, 1.807) is 24.4 Å². The highest BCUT2D eigenvalue weighted by atomic mass is 16.6. The lowest BCUT2D eigenvalue weighted by Gasteiger charge is -2.05. The van der Waals surface area contributed by atoms with Gasteiger partial charge in [-0.25, -0.2) is 0 Å². The number of hydrogen-bond acceptors (Lipinski definition) is 4. The highest BCUT2D eigenvalue weighted by molar-refractivity contribution is 6.33. The monoisotopic (exact) mass is 204 g/mol. The minimum Gasteiger partial charge on any atom is -0.512 e. The topological polar surface area (TPSA) is 78.4 Å². The molecule has 1 heterocycles. The molecule has 2 rings (SSSR count). The first-order valence-electron chi connectivity index (χ1n) is 4.38. The van der Waals surface area contributed by atoms with Crippen molar-refractivity contribution >= 4 is 7.32 Å². The summed E-state index contributed by atoms with van der Waals surface area (Å²) in [4.78, 5) is 0. The summed E-state index contributed by atoms with van der Waals surface area (Å²) in [5.74, 6) is 0.386. The van der Waals surface area contributed by atoms with Gasteiger partial charge in [-0.3, -0.25) is 5.10 Å². The fraction of sp³-hybridized carbons (Fsp3) is 0. The van der Waals surface area contributed by atoms with Gasteiger partial charge in [0.25, 0.3) is 0 Å². The lowest BCUT2D eigenvalue weighted by atomic mass is 10.1. The summed E-state index contributed by atoms with van der Waals surface area (Å²) in [6.07, 6.45) is 1.64. The fourth-order valence-corrected chi connectivity index (χ4v) is 1.28. The normalized spacial score (nSPS) is 10.0. The zero-order valence-electron chi connectivity index (χ0n) is 7.79. The van der Waals surface area contributed by atoms with Crippen LogP contribution < -0.4 is 4.65 Å². The average Bonchev–Trinajstić information content (AvgIpc) is 2.69. The number of aromatic amines is 1. The second kappa shape index (κ2) is 4.16. The fourth-order valence-electron chi connectivity index (χ4n) is 1.28. The second-order valence-electron chi connectivity index (χ2n) is 2.94. The minimum atomic E-state index is -1.80. The first-order valence-corrected chi connectivity index (χ1v) is 4.38. The number of rotatable bonds is 3. The Morgan fingerprint density at radius 2 is 2.13 bits per heavy atom. The number of nitrogens with zero attached hydrogens (tertiary/aromatic N) is 1. The van der Waals surface area contributed by atoms with E-state index in [9.17, 15) is 0 Å². The van der Waals surface area contributed by atoms with Crippen LogP contribution in [0.1, 0.15) is 0 Å². The van der Waals surface area contributed by atoms with Crippen LogP contribution in [0, 0.1) is 0 Å². The van der Waals surface area contributed by atoms with E-state index in [-0.39, 0.29) is 0 Å². The first-order chi connectivity index (χ1) is 7.25. The van der Waals surface area contributed by atoms with Gasteiger partial charge in [-0.2, -0.15) is 5.10 Å². The van der Waals surface area contributed by atoms with Gasteiger partial charge in [0.1, 0.15) is 5.75 Å². The van der Waals surface area contributed by atoms with Gasteiger partial charge in [0, 0.05) is 11.8 Å². The molecule has 0 aliphatic heterocycles. The molecule has 0 bridgehead atoms. The van der Waals surface area contributed by atoms with Gasteiger partial charge in [0.05, 0.1) is 5.69 Å². The van der Waals surface area contributed by atoms with E-state index in [0.717, 1.165) is 11.3 Å². The van der Waals surface area contributed by atoms with Crippen molar-refractivity contribution in [3.05, 3.63) is 36.5 Å². The molecule has 2 aromatic rings. The molecular formula is C9H9BN2O3. The minimum absolute atomic E-state index is 0.386. The first kappa shape index (κ1) is 9.76. The molecule has 1 aromatic carbocycles. The van der Waals surface area contributed by atoms with Gasteiger partial charge in [-0.1, -0.05) is 12.1 Å². The van der Waals surface area contributed by atoms with Crippen LogP contribution >= 0.6 is 0 Å². The van der Waals surface area contributed by atoms with Crippen molar-refractivity contribution in [2.24, 2.45) is 0 Å². The van der Waals surface area contributed by atoms with Crippen molar-refractivity contribution in [1.82, 2.24) is 10.2 Å². The highest BCUT2D eigenvalue weighted by Gasteiger charge is 2.11. The summed E-state index contributed by atoms with van der Waals surface area (Å²) in [6, 6.07) is 8.76. The van der Waals surface area contributed by atoms with Gasteiger partial charge in [-0.05, 0) is 18.2 Å². The molecule has 0 atom stereocenters. The maximum Gasteiger partial charge on any atom is 0.707 e. The van der Waals surface area contributed by atoms with E-state index in [1.807, 2.05) is 12.1 Å². The maximum absolute atomic E-state index is 8.64. The van der Waals surface area contributed by atoms with Gasteiger partial charge in [0.2, 0.25) is 0 Å². The van der Waals surface area contributed by atoms with E-state index in [1.165, 1.54) is 0 Å². The number of nitrogens with one attached hydrogen (secondary N) is 1. The SMILES string of the molecule is OB(O)Oc1cccc(-c2ccn[nH]2)c1. The third-order valence-corrected chi connectivity index (χ3v) is 1.89. The molecule has 0 fully saturated rings. The van der Waals surface area contributed by atoms with Crippen molar-refractivity contribution in [1.29, 1.82) is 0 Å². The molecule has 0 unspecified atom stereocenters. The number of benzene rings is 1. The van der Waals surface area contributed by atoms with Crippen LogP contribution in [0.2, 0.25) is 0 Å². The van der Waals surface area contributed by atoms with Crippen LogP contribution in [0.4, 0.5) is 0 Å². The molecule has 1 aromatic heterocycles. The molecule has 0 aliphatic carbocycles. The summed E-state index contributed by atoms with van der Waals surface area (Å²) in [6.45, 7) is 0. The Morgan fingerprint density at radius 1 is 1.27 bits per heavy atom. The van der Waals surface area contributed by atoms with Crippen LogP contribution in [0.15, 0.2) is 36.5 Å². The van der Waals surface area contributed by atoms with Crippen LogP contribution in [-0.4, -0.2) is 27.6 Å². The van der Waals surface area contributed by atoms with Gasteiger partial charge in [0.15, 0.2) is 0 Å². The molecule has 0 spiro atoms. The van der Waals surface area contributed by atoms with Crippen LogP contribution in [0.3, 0.4) is 0 Å². The molecule has 15 heavy (non-hydrogen) atoms. The van der Waals surface area contributed by atoms with Crippen molar-refractivity contribution in [3.63, 3.8) is 0 Å². The Bertz CT molecular complexity index is 431. The average molecular weight is 204 g/mol. The zero-order valence-corrected chi connectivity index (χ0v) is 7.79. The van der Waals surface area contributed by atoms with Gasteiger partial charge < -0.3 is 14.7 Å². The third kappa shape index (κ3) is 2.36. The Hall–Kier alpha value is -1.79. The number of H-pyrrole nitrogens is 1.